The van der Waals surface area contributed by atoms with Gasteiger partial charge >= 0.3 is 15.0 Å². The lowest BCUT2D eigenvalue weighted by atomic mass is 9.71. The summed E-state index contributed by atoms with van der Waals surface area (Å²) in [4.78, 5) is 0. The quantitative estimate of drug-likeness (QED) is 0.239. The summed E-state index contributed by atoms with van der Waals surface area (Å²) >= 11 is 0. The van der Waals surface area contributed by atoms with Gasteiger partial charge in [-0.15, -0.1) is 0 Å². The second kappa shape index (κ2) is 10.2. The first-order valence-electron chi connectivity index (χ1n) is 13.1. The van der Waals surface area contributed by atoms with E-state index in [-0.39, 0.29) is 0 Å². The Bertz CT molecular complexity index is 1430. The third kappa shape index (κ3) is 5.55. The van der Waals surface area contributed by atoms with Gasteiger partial charge in [-0.3, -0.25) is 0 Å². The minimum Gasteiger partial charge on any atom is -0.427 e. The summed E-state index contributed by atoms with van der Waals surface area (Å²) in [5.74, 6) is 0. The zero-order valence-corrected chi connectivity index (χ0v) is 23.8. The van der Waals surface area contributed by atoms with Gasteiger partial charge in [-0.1, -0.05) is 66.7 Å². The molecule has 0 spiro atoms. The second-order valence-electron chi connectivity index (χ2n) is 12.1. The van der Waals surface area contributed by atoms with E-state index < -0.39 is 22.4 Å². The molecule has 2 radical (unpaired) electrons. The average molecular weight is 508 g/mol. The van der Waals surface area contributed by atoms with Crippen molar-refractivity contribution < 1.29 is 19.5 Å². The van der Waals surface area contributed by atoms with Gasteiger partial charge in [0.2, 0.25) is 0 Å². The summed E-state index contributed by atoms with van der Waals surface area (Å²) in [5.41, 5.74) is 0.367. The fourth-order valence-corrected chi connectivity index (χ4v) is 4.01. The van der Waals surface area contributed by atoms with Crippen LogP contribution in [0.1, 0.15) is 55.4 Å². The molecule has 0 atom stereocenters. The van der Waals surface area contributed by atoms with Gasteiger partial charge in [0.05, 0.1) is 22.4 Å². The Kier molecular flexibility index (Phi) is 7.59. The maximum Gasteiger partial charge on any atom is 0.332 e. The highest BCUT2D eigenvalue weighted by atomic mass is 16.5. The van der Waals surface area contributed by atoms with Crippen LogP contribution in [0.2, 0.25) is 0 Å². The molecule has 0 unspecified atom stereocenters. The highest BCUT2D eigenvalue weighted by Crippen LogP contribution is 2.29. The fourth-order valence-electron chi connectivity index (χ4n) is 4.01. The van der Waals surface area contributed by atoms with Crippen LogP contribution in [0.15, 0.2) is 72.8 Å². The van der Waals surface area contributed by atoms with Crippen LogP contribution in [0.4, 0.5) is 0 Å². The lowest BCUT2D eigenvalue weighted by Gasteiger charge is -2.38. The molecule has 0 fully saturated rings. The number of aliphatic hydroxyl groups is 2. The molecule has 0 saturated carbocycles. The molecule has 38 heavy (non-hydrogen) atoms. The van der Waals surface area contributed by atoms with Crippen molar-refractivity contribution in [3.63, 3.8) is 0 Å². The molecule has 0 bridgehead atoms. The predicted molar refractivity (Wildman–Crippen MR) is 161 cm³/mol. The zero-order valence-electron chi connectivity index (χ0n) is 23.8. The largest absolute Gasteiger partial charge is 0.427 e. The number of fused-ring (bicyclic) bond motifs is 2. The number of hydrogen-bond acceptors (Lipinski definition) is 4. The standard InChI is InChI=1S/C32H38B2O4/c1-29(2,35)31(5,6)37-33-27-23-16-12-13-17-24(23)28(34-38-32(7,8)30(3,4)36)26-20-22(18-19-25(26)27)21-14-10-9-11-15-21/h9-20,35-36H,1-8H3. The van der Waals surface area contributed by atoms with E-state index >= 15 is 0 Å². The van der Waals surface area contributed by atoms with Crippen LogP contribution in [-0.4, -0.2) is 47.6 Å². The lowest BCUT2D eigenvalue weighted by Crippen LogP contribution is -2.50. The Hall–Kier alpha value is -2.63. The van der Waals surface area contributed by atoms with Crippen LogP contribution in [-0.2, 0) is 9.31 Å². The Balaban J connectivity index is 1.94. The number of benzene rings is 4. The van der Waals surface area contributed by atoms with Crippen molar-refractivity contribution in [1.82, 2.24) is 0 Å². The summed E-state index contributed by atoms with van der Waals surface area (Å²) in [6.07, 6.45) is 0. The van der Waals surface area contributed by atoms with Crippen LogP contribution < -0.4 is 10.9 Å². The number of hydrogen-bond donors (Lipinski definition) is 2. The minimum absolute atomic E-state index is 0.810. The predicted octanol–water partition coefficient (Wildman–Crippen LogP) is 5.28. The van der Waals surface area contributed by atoms with Gasteiger partial charge in [-0.2, -0.15) is 0 Å². The Morgan fingerprint density at radius 3 is 1.39 bits per heavy atom. The SMILES string of the molecule is CC(C)(O)C(C)(C)O[B]c1c2ccccc2c([B]OC(C)(C)C(C)(C)O)c2cc(-c3ccccc3)ccc12. The van der Waals surface area contributed by atoms with Gasteiger partial charge in [0.1, 0.15) is 0 Å². The van der Waals surface area contributed by atoms with Crippen molar-refractivity contribution >= 4 is 47.4 Å². The van der Waals surface area contributed by atoms with Gasteiger partial charge in [-0.25, -0.2) is 0 Å². The molecular formula is C32H38B2O4. The van der Waals surface area contributed by atoms with Crippen LogP contribution in [0, 0.1) is 0 Å². The van der Waals surface area contributed by atoms with E-state index in [0.717, 1.165) is 43.6 Å². The maximum atomic E-state index is 10.7. The molecule has 6 heteroatoms. The molecule has 0 aliphatic rings. The molecule has 0 heterocycles. The second-order valence-corrected chi connectivity index (χ2v) is 12.1. The molecule has 4 nitrogen and oxygen atoms in total. The summed E-state index contributed by atoms with van der Waals surface area (Å²) in [5, 5.41) is 25.4. The molecule has 0 amide bonds. The molecule has 4 aromatic carbocycles. The lowest BCUT2D eigenvalue weighted by molar-refractivity contribution is -0.0893. The van der Waals surface area contributed by atoms with Crippen molar-refractivity contribution in [3.8, 4) is 11.1 Å². The molecule has 4 aromatic rings. The first-order chi connectivity index (χ1) is 17.6. The molecule has 196 valence electrons. The molecule has 0 aliphatic carbocycles. The summed E-state index contributed by atoms with van der Waals surface area (Å²) in [7, 11) is 3.55. The highest BCUT2D eigenvalue weighted by molar-refractivity contribution is 6.63. The van der Waals surface area contributed by atoms with E-state index in [1.807, 2.05) is 58.0 Å². The van der Waals surface area contributed by atoms with E-state index in [1.54, 1.807) is 42.7 Å². The van der Waals surface area contributed by atoms with E-state index in [1.165, 1.54) is 0 Å². The van der Waals surface area contributed by atoms with Crippen molar-refractivity contribution in [2.24, 2.45) is 0 Å². The summed E-state index contributed by atoms with van der Waals surface area (Å²) in [6, 6.07) is 24.9. The zero-order chi connectivity index (χ0) is 27.9. The normalized spacial score (nSPS) is 13.2. The smallest absolute Gasteiger partial charge is 0.332 e. The van der Waals surface area contributed by atoms with Gasteiger partial charge in [0.15, 0.2) is 0 Å². The molecule has 0 saturated heterocycles. The Labute approximate surface area is 228 Å². The molecule has 0 aliphatic heterocycles. The van der Waals surface area contributed by atoms with Gasteiger partial charge < -0.3 is 19.5 Å². The Morgan fingerprint density at radius 2 is 0.921 bits per heavy atom. The van der Waals surface area contributed by atoms with Crippen LogP contribution >= 0.6 is 0 Å². The molecule has 2 N–H and O–H groups in total. The van der Waals surface area contributed by atoms with Crippen molar-refractivity contribution in [3.05, 3.63) is 72.8 Å². The van der Waals surface area contributed by atoms with Crippen LogP contribution in [0.25, 0.3) is 32.7 Å². The van der Waals surface area contributed by atoms with Crippen molar-refractivity contribution in [1.29, 1.82) is 0 Å². The van der Waals surface area contributed by atoms with Gasteiger partial charge in [-0.05, 0) is 105 Å². The van der Waals surface area contributed by atoms with E-state index in [2.05, 4.69) is 42.5 Å². The molecule has 4 rings (SSSR count). The first-order valence-corrected chi connectivity index (χ1v) is 13.1. The van der Waals surface area contributed by atoms with Gasteiger partial charge in [0.25, 0.3) is 0 Å². The fraction of sp³-hybridized carbons (Fsp3) is 0.375. The van der Waals surface area contributed by atoms with E-state index in [4.69, 9.17) is 9.31 Å². The third-order valence-electron chi connectivity index (χ3n) is 8.10. The van der Waals surface area contributed by atoms with Crippen molar-refractivity contribution in [2.45, 2.75) is 77.8 Å². The maximum absolute atomic E-state index is 10.7. The monoisotopic (exact) mass is 508 g/mol. The van der Waals surface area contributed by atoms with Crippen LogP contribution in [0.3, 0.4) is 0 Å². The van der Waals surface area contributed by atoms with Crippen LogP contribution in [0.5, 0.6) is 0 Å². The third-order valence-corrected chi connectivity index (χ3v) is 8.10. The topological polar surface area (TPSA) is 58.9 Å². The average Bonchev–Trinajstić information content (AvgIpc) is 2.84. The molecular weight excluding hydrogens is 470 g/mol. The van der Waals surface area contributed by atoms with E-state index in [9.17, 15) is 10.2 Å². The highest BCUT2D eigenvalue weighted by Gasteiger charge is 2.37. The van der Waals surface area contributed by atoms with Gasteiger partial charge in [0, 0.05) is 0 Å². The molecule has 0 aromatic heterocycles. The number of rotatable bonds is 9. The minimum atomic E-state index is -1.05. The Morgan fingerprint density at radius 1 is 0.500 bits per heavy atom. The first kappa shape index (κ1) is 28.4. The summed E-state index contributed by atoms with van der Waals surface area (Å²) < 4.78 is 12.6. The van der Waals surface area contributed by atoms with Crippen molar-refractivity contribution in [2.75, 3.05) is 0 Å². The van der Waals surface area contributed by atoms with E-state index in [0.29, 0.717) is 0 Å². The summed E-state index contributed by atoms with van der Waals surface area (Å²) in [6.45, 7) is 14.6.